The van der Waals surface area contributed by atoms with Gasteiger partial charge in [-0.25, -0.2) is 0 Å². The first-order valence-electron chi connectivity index (χ1n) is 6.35. The molecular formula is C15H13N3O2. The van der Waals surface area contributed by atoms with E-state index in [1.807, 2.05) is 28.8 Å². The molecule has 0 radical (unpaired) electrons. The molecule has 5 nitrogen and oxygen atoms in total. The van der Waals surface area contributed by atoms with Gasteiger partial charge in [-0.2, -0.15) is 0 Å². The Morgan fingerprint density at radius 1 is 1.20 bits per heavy atom. The fourth-order valence-corrected chi connectivity index (χ4v) is 2.16. The summed E-state index contributed by atoms with van der Waals surface area (Å²) >= 11 is 0. The van der Waals surface area contributed by atoms with Gasteiger partial charge in [0.2, 0.25) is 0 Å². The molecule has 1 aromatic carbocycles. The molecule has 0 unspecified atom stereocenters. The van der Waals surface area contributed by atoms with Gasteiger partial charge in [0.25, 0.3) is 0 Å². The smallest absolute Gasteiger partial charge is 0.185 e. The van der Waals surface area contributed by atoms with Crippen molar-refractivity contribution < 1.29 is 9.21 Å². The van der Waals surface area contributed by atoms with Crippen molar-refractivity contribution in [3.63, 3.8) is 0 Å². The largest absolute Gasteiger partial charge is 0.453 e. The van der Waals surface area contributed by atoms with E-state index < -0.39 is 0 Å². The van der Waals surface area contributed by atoms with Gasteiger partial charge in [-0.1, -0.05) is 13.0 Å². The molecule has 0 bridgehead atoms. The molecule has 2 heterocycles. The number of carbonyl (C=O) groups excluding carboxylic acids is 1. The number of aldehydes is 1. The number of aromatic nitrogens is 3. The molecule has 0 atom stereocenters. The number of rotatable bonds is 4. The molecule has 0 amide bonds. The van der Waals surface area contributed by atoms with Gasteiger partial charge >= 0.3 is 0 Å². The lowest BCUT2D eigenvalue weighted by atomic mass is 10.0. The first-order valence-corrected chi connectivity index (χ1v) is 6.35. The zero-order valence-electron chi connectivity index (χ0n) is 11.0. The highest BCUT2D eigenvalue weighted by atomic mass is 16.3. The van der Waals surface area contributed by atoms with Crippen LogP contribution in [0.4, 0.5) is 0 Å². The highest BCUT2D eigenvalue weighted by Gasteiger charge is 2.10. The van der Waals surface area contributed by atoms with Gasteiger partial charge in [0, 0.05) is 11.3 Å². The van der Waals surface area contributed by atoms with Gasteiger partial charge in [0.05, 0.1) is 0 Å². The van der Waals surface area contributed by atoms with Crippen LogP contribution in [-0.4, -0.2) is 21.1 Å². The summed E-state index contributed by atoms with van der Waals surface area (Å²) in [5.41, 5.74) is 3.09. The summed E-state index contributed by atoms with van der Waals surface area (Å²) in [5, 5.41) is 7.61. The Bertz CT molecular complexity index is 729. The second kappa shape index (κ2) is 5.13. The van der Waals surface area contributed by atoms with Crippen molar-refractivity contribution in [1.29, 1.82) is 0 Å². The summed E-state index contributed by atoms with van der Waals surface area (Å²) in [5.74, 6) is 1.02. The van der Waals surface area contributed by atoms with Crippen molar-refractivity contribution in [3.8, 4) is 17.0 Å². The molecule has 2 aromatic heterocycles. The summed E-state index contributed by atoms with van der Waals surface area (Å²) < 4.78 is 7.35. The van der Waals surface area contributed by atoms with Crippen LogP contribution in [0.2, 0.25) is 0 Å². The molecule has 3 rings (SSSR count). The molecule has 0 aliphatic carbocycles. The average molecular weight is 267 g/mol. The lowest BCUT2D eigenvalue weighted by Crippen LogP contribution is -1.94. The summed E-state index contributed by atoms with van der Waals surface area (Å²) in [6.45, 7) is 2.08. The molecular weight excluding hydrogens is 254 g/mol. The fourth-order valence-electron chi connectivity index (χ4n) is 2.16. The van der Waals surface area contributed by atoms with E-state index in [-0.39, 0.29) is 0 Å². The molecule has 0 spiro atoms. The Morgan fingerprint density at radius 3 is 2.65 bits per heavy atom. The lowest BCUT2D eigenvalue weighted by molar-refractivity contribution is 0.110. The molecule has 100 valence electrons. The number of hydrogen-bond acceptors (Lipinski definition) is 4. The molecule has 20 heavy (non-hydrogen) atoms. The topological polar surface area (TPSA) is 60.9 Å². The maximum Gasteiger partial charge on any atom is 0.185 e. The molecule has 0 fully saturated rings. The number of hydrogen-bond donors (Lipinski definition) is 0. The van der Waals surface area contributed by atoms with Crippen LogP contribution in [0.25, 0.3) is 17.0 Å². The van der Waals surface area contributed by atoms with Gasteiger partial charge < -0.3 is 4.42 Å². The summed E-state index contributed by atoms with van der Waals surface area (Å²) in [7, 11) is 0. The number of nitrogens with zero attached hydrogens (tertiary/aromatic N) is 3. The minimum Gasteiger partial charge on any atom is -0.453 e. The van der Waals surface area contributed by atoms with Gasteiger partial charge in [-0.15, -0.1) is 10.2 Å². The van der Waals surface area contributed by atoms with Gasteiger partial charge in [-0.3, -0.25) is 9.36 Å². The first kappa shape index (κ1) is 12.3. The summed E-state index contributed by atoms with van der Waals surface area (Å²) in [6, 6.07) is 9.56. The zero-order valence-corrected chi connectivity index (χ0v) is 11.0. The Morgan fingerprint density at radius 2 is 2.00 bits per heavy atom. The summed E-state index contributed by atoms with van der Waals surface area (Å²) in [4.78, 5) is 10.7. The standard InChI is InChI=1S/C15H13N3O2/c1-2-11-3-4-12(18-9-16-17-10-18)7-14(11)15-6-5-13(8-19)20-15/h3-10H,2H2,1H3. The third-order valence-electron chi connectivity index (χ3n) is 3.20. The number of furan rings is 1. The fraction of sp³-hybridized carbons (Fsp3) is 0.133. The van der Waals surface area contributed by atoms with Crippen molar-refractivity contribution in [2.24, 2.45) is 0 Å². The predicted molar refractivity (Wildman–Crippen MR) is 73.8 cm³/mol. The van der Waals surface area contributed by atoms with Crippen molar-refractivity contribution in [3.05, 3.63) is 54.3 Å². The van der Waals surface area contributed by atoms with Crippen LogP contribution in [0.1, 0.15) is 23.0 Å². The van der Waals surface area contributed by atoms with E-state index in [1.165, 1.54) is 0 Å². The van der Waals surface area contributed by atoms with E-state index in [1.54, 1.807) is 18.7 Å². The van der Waals surface area contributed by atoms with E-state index in [0.29, 0.717) is 17.8 Å². The van der Waals surface area contributed by atoms with E-state index in [0.717, 1.165) is 23.2 Å². The minimum atomic E-state index is 0.330. The van der Waals surface area contributed by atoms with Gasteiger partial charge in [-0.05, 0) is 36.2 Å². The van der Waals surface area contributed by atoms with E-state index in [4.69, 9.17) is 4.42 Å². The number of aryl methyl sites for hydroxylation is 1. The number of carbonyl (C=O) groups is 1. The van der Waals surface area contributed by atoms with Crippen LogP contribution in [0, 0.1) is 0 Å². The monoisotopic (exact) mass is 267 g/mol. The molecule has 0 saturated carbocycles. The third-order valence-corrected chi connectivity index (χ3v) is 3.20. The van der Waals surface area contributed by atoms with E-state index in [2.05, 4.69) is 17.1 Å². The Kier molecular flexibility index (Phi) is 3.16. The van der Waals surface area contributed by atoms with Crippen LogP contribution < -0.4 is 0 Å². The highest BCUT2D eigenvalue weighted by Crippen LogP contribution is 2.28. The minimum absolute atomic E-state index is 0.330. The maximum absolute atomic E-state index is 10.7. The predicted octanol–water partition coefficient (Wildman–Crippen LogP) is 2.90. The van der Waals surface area contributed by atoms with Crippen molar-refractivity contribution in [2.45, 2.75) is 13.3 Å². The van der Waals surface area contributed by atoms with Gasteiger partial charge in [0.1, 0.15) is 18.4 Å². The molecule has 0 N–H and O–H groups in total. The van der Waals surface area contributed by atoms with E-state index >= 15 is 0 Å². The van der Waals surface area contributed by atoms with Crippen molar-refractivity contribution >= 4 is 6.29 Å². The van der Waals surface area contributed by atoms with Gasteiger partial charge in [0.15, 0.2) is 12.0 Å². The summed E-state index contributed by atoms with van der Waals surface area (Å²) in [6.07, 6.45) is 4.88. The lowest BCUT2D eigenvalue weighted by Gasteiger charge is -2.08. The van der Waals surface area contributed by atoms with Crippen LogP contribution in [0.5, 0.6) is 0 Å². The highest BCUT2D eigenvalue weighted by molar-refractivity contribution is 5.74. The Hall–Kier alpha value is -2.69. The molecule has 0 aliphatic heterocycles. The molecule has 5 heteroatoms. The van der Waals surface area contributed by atoms with Crippen LogP contribution >= 0.6 is 0 Å². The Labute approximate surface area is 115 Å². The maximum atomic E-state index is 10.7. The van der Waals surface area contributed by atoms with E-state index in [9.17, 15) is 4.79 Å². The van der Waals surface area contributed by atoms with Crippen molar-refractivity contribution in [2.75, 3.05) is 0 Å². The SMILES string of the molecule is CCc1ccc(-n2cnnc2)cc1-c1ccc(C=O)o1. The van der Waals surface area contributed by atoms with Crippen molar-refractivity contribution in [1.82, 2.24) is 14.8 Å². The van der Waals surface area contributed by atoms with Crippen LogP contribution in [-0.2, 0) is 6.42 Å². The second-order valence-corrected chi connectivity index (χ2v) is 4.38. The average Bonchev–Trinajstić information content (AvgIpc) is 3.17. The quantitative estimate of drug-likeness (QED) is 0.682. The number of benzene rings is 1. The van der Waals surface area contributed by atoms with Crippen LogP contribution in [0.3, 0.4) is 0 Å². The second-order valence-electron chi connectivity index (χ2n) is 4.38. The Balaban J connectivity index is 2.12. The van der Waals surface area contributed by atoms with Crippen LogP contribution in [0.15, 0.2) is 47.4 Å². The molecule has 0 saturated heterocycles. The molecule has 3 aromatic rings. The zero-order chi connectivity index (χ0) is 13.9. The molecule has 0 aliphatic rings. The first-order chi connectivity index (χ1) is 9.81. The third kappa shape index (κ3) is 2.14. The normalized spacial score (nSPS) is 10.7.